The predicted octanol–water partition coefficient (Wildman–Crippen LogP) is 3.25. The minimum Gasteiger partial charge on any atom is -0.207 e. The summed E-state index contributed by atoms with van der Waals surface area (Å²) < 4.78 is 12.6. The highest BCUT2D eigenvalue weighted by Crippen LogP contribution is 2.52. The Balaban J connectivity index is 2.31. The maximum absolute atomic E-state index is 12.6. The molecular weight excluding hydrogens is 219 g/mol. The minimum atomic E-state index is -0.158. The lowest BCUT2D eigenvalue weighted by molar-refractivity contribution is 0.625. The van der Waals surface area contributed by atoms with Crippen molar-refractivity contribution in [2.24, 2.45) is 0 Å². The molecule has 1 aromatic carbocycles. The molecule has 1 aromatic rings. The van der Waals surface area contributed by atoms with E-state index in [0.717, 1.165) is 6.42 Å². The van der Waals surface area contributed by atoms with E-state index in [9.17, 15) is 4.39 Å². The molecule has 0 spiro atoms. The molecule has 0 amide bonds. The number of hydrogen-bond acceptors (Lipinski definition) is 0. The van der Waals surface area contributed by atoms with Gasteiger partial charge in [-0.25, -0.2) is 4.39 Å². The third-order valence-electron chi connectivity index (χ3n) is 2.64. The molecule has 2 rings (SSSR count). The van der Waals surface area contributed by atoms with E-state index < -0.39 is 0 Å². The zero-order valence-electron chi connectivity index (χ0n) is 6.85. The van der Waals surface area contributed by atoms with E-state index in [-0.39, 0.29) is 11.2 Å². The van der Waals surface area contributed by atoms with Crippen molar-refractivity contribution in [2.75, 3.05) is 0 Å². The molecule has 0 bridgehead atoms. The summed E-state index contributed by atoms with van der Waals surface area (Å²) in [6, 6.07) is 6.80. The molecule has 2 atom stereocenters. The molecule has 0 radical (unpaired) electrons. The van der Waals surface area contributed by atoms with Crippen LogP contribution in [-0.4, -0.2) is 4.83 Å². The van der Waals surface area contributed by atoms with Crippen LogP contribution in [0.2, 0.25) is 0 Å². The third-order valence-corrected chi connectivity index (χ3v) is 3.97. The van der Waals surface area contributed by atoms with E-state index in [4.69, 9.17) is 0 Å². The van der Waals surface area contributed by atoms with E-state index in [1.54, 1.807) is 0 Å². The van der Waals surface area contributed by atoms with E-state index >= 15 is 0 Å². The van der Waals surface area contributed by atoms with Gasteiger partial charge in [-0.3, -0.25) is 0 Å². The van der Waals surface area contributed by atoms with Gasteiger partial charge in [0.05, 0.1) is 0 Å². The van der Waals surface area contributed by atoms with Crippen molar-refractivity contribution in [3.63, 3.8) is 0 Å². The smallest absolute Gasteiger partial charge is 0.123 e. The summed E-state index contributed by atoms with van der Waals surface area (Å²) >= 11 is 3.57. The first-order chi connectivity index (χ1) is 5.63. The number of halogens is 2. The Kier molecular flexibility index (Phi) is 1.76. The van der Waals surface area contributed by atoms with Crippen molar-refractivity contribution in [3.8, 4) is 0 Å². The average molecular weight is 229 g/mol. The Morgan fingerprint density at radius 3 is 2.33 bits per heavy atom. The SMILES string of the molecule is CC1(c2ccc(F)cc2)CC1Br. The molecule has 1 aliphatic carbocycles. The first-order valence-corrected chi connectivity index (χ1v) is 4.94. The lowest BCUT2D eigenvalue weighted by Gasteiger charge is -2.08. The number of rotatable bonds is 1. The molecule has 0 aliphatic heterocycles. The molecule has 12 heavy (non-hydrogen) atoms. The van der Waals surface area contributed by atoms with Crippen LogP contribution in [0.4, 0.5) is 4.39 Å². The van der Waals surface area contributed by atoms with Crippen LogP contribution in [0.15, 0.2) is 24.3 Å². The molecule has 64 valence electrons. The minimum absolute atomic E-state index is 0.158. The lowest BCUT2D eigenvalue weighted by atomic mass is 9.99. The second kappa shape index (κ2) is 2.56. The van der Waals surface area contributed by atoms with Crippen molar-refractivity contribution in [1.82, 2.24) is 0 Å². The summed E-state index contributed by atoms with van der Waals surface area (Å²) in [4.78, 5) is 0.565. The highest BCUT2D eigenvalue weighted by Gasteiger charge is 2.49. The summed E-state index contributed by atoms with van der Waals surface area (Å²) in [5.41, 5.74) is 1.47. The fraction of sp³-hybridized carbons (Fsp3) is 0.400. The maximum atomic E-state index is 12.6. The van der Waals surface area contributed by atoms with Gasteiger partial charge in [0.15, 0.2) is 0 Å². The van der Waals surface area contributed by atoms with Gasteiger partial charge >= 0.3 is 0 Å². The number of benzene rings is 1. The van der Waals surface area contributed by atoms with E-state index in [2.05, 4.69) is 22.9 Å². The van der Waals surface area contributed by atoms with Gasteiger partial charge in [-0.15, -0.1) is 0 Å². The maximum Gasteiger partial charge on any atom is 0.123 e. The van der Waals surface area contributed by atoms with Crippen LogP contribution < -0.4 is 0 Å². The zero-order valence-corrected chi connectivity index (χ0v) is 8.44. The Bertz CT molecular complexity index is 293. The molecule has 2 heteroatoms. The highest BCUT2D eigenvalue weighted by atomic mass is 79.9. The number of alkyl halides is 1. The zero-order chi connectivity index (χ0) is 8.77. The molecule has 0 N–H and O–H groups in total. The molecule has 0 nitrogen and oxygen atoms in total. The van der Waals surface area contributed by atoms with E-state index in [1.807, 2.05) is 12.1 Å². The normalized spacial score (nSPS) is 33.4. The monoisotopic (exact) mass is 228 g/mol. The molecule has 1 fully saturated rings. The van der Waals surface area contributed by atoms with Crippen LogP contribution in [0.1, 0.15) is 18.9 Å². The Morgan fingerprint density at radius 1 is 1.42 bits per heavy atom. The van der Waals surface area contributed by atoms with Crippen molar-refractivity contribution in [1.29, 1.82) is 0 Å². The van der Waals surface area contributed by atoms with Crippen molar-refractivity contribution in [2.45, 2.75) is 23.6 Å². The predicted molar refractivity (Wildman–Crippen MR) is 51.1 cm³/mol. The van der Waals surface area contributed by atoms with Crippen LogP contribution in [0, 0.1) is 5.82 Å². The molecular formula is C10H10BrF. The number of hydrogen-bond donors (Lipinski definition) is 0. The van der Waals surface area contributed by atoms with Gasteiger partial charge in [0, 0.05) is 10.2 Å². The molecule has 1 aliphatic rings. The topological polar surface area (TPSA) is 0 Å². The van der Waals surface area contributed by atoms with Crippen LogP contribution in [0.5, 0.6) is 0 Å². The van der Waals surface area contributed by atoms with Gasteiger partial charge in [-0.2, -0.15) is 0 Å². The fourth-order valence-corrected chi connectivity index (χ4v) is 2.38. The summed E-state index contributed by atoms with van der Waals surface area (Å²) in [7, 11) is 0. The Hall–Kier alpha value is -0.370. The Morgan fingerprint density at radius 2 is 1.92 bits per heavy atom. The van der Waals surface area contributed by atoms with Gasteiger partial charge in [-0.1, -0.05) is 35.0 Å². The largest absolute Gasteiger partial charge is 0.207 e. The summed E-state index contributed by atoms with van der Waals surface area (Å²) in [5.74, 6) is -0.158. The molecule has 0 heterocycles. The van der Waals surface area contributed by atoms with Crippen LogP contribution in [-0.2, 0) is 5.41 Å². The van der Waals surface area contributed by atoms with Crippen molar-refractivity contribution >= 4 is 15.9 Å². The second-order valence-electron chi connectivity index (χ2n) is 3.60. The standard InChI is InChI=1S/C10H10BrF/c1-10(6-9(10)11)7-2-4-8(12)5-3-7/h2-5,9H,6H2,1H3. The van der Waals surface area contributed by atoms with E-state index in [0.29, 0.717) is 4.83 Å². The summed E-state index contributed by atoms with van der Waals surface area (Å²) in [6.07, 6.45) is 1.15. The molecule has 0 aromatic heterocycles. The second-order valence-corrected chi connectivity index (χ2v) is 4.70. The van der Waals surface area contributed by atoms with Crippen molar-refractivity contribution in [3.05, 3.63) is 35.6 Å². The van der Waals surface area contributed by atoms with Gasteiger partial charge in [0.1, 0.15) is 5.82 Å². The third kappa shape index (κ3) is 1.18. The van der Waals surface area contributed by atoms with Crippen LogP contribution in [0.25, 0.3) is 0 Å². The van der Waals surface area contributed by atoms with Gasteiger partial charge in [0.2, 0.25) is 0 Å². The quantitative estimate of drug-likeness (QED) is 0.648. The lowest BCUT2D eigenvalue weighted by Crippen LogP contribution is -2.03. The molecule has 0 saturated heterocycles. The van der Waals surface area contributed by atoms with Gasteiger partial charge in [-0.05, 0) is 24.1 Å². The van der Waals surface area contributed by atoms with Gasteiger partial charge in [0.25, 0.3) is 0 Å². The van der Waals surface area contributed by atoms with Crippen molar-refractivity contribution < 1.29 is 4.39 Å². The van der Waals surface area contributed by atoms with E-state index in [1.165, 1.54) is 17.7 Å². The highest BCUT2D eigenvalue weighted by molar-refractivity contribution is 9.09. The first kappa shape index (κ1) is 8.24. The Labute approximate surface area is 79.9 Å². The molecule has 1 saturated carbocycles. The molecule has 2 unspecified atom stereocenters. The van der Waals surface area contributed by atoms with Crippen LogP contribution >= 0.6 is 15.9 Å². The average Bonchev–Trinajstić information content (AvgIpc) is 2.62. The fourth-order valence-electron chi connectivity index (χ4n) is 1.44. The van der Waals surface area contributed by atoms with Gasteiger partial charge < -0.3 is 0 Å². The summed E-state index contributed by atoms with van der Waals surface area (Å²) in [6.45, 7) is 2.19. The summed E-state index contributed by atoms with van der Waals surface area (Å²) in [5, 5.41) is 0. The van der Waals surface area contributed by atoms with Crippen LogP contribution in [0.3, 0.4) is 0 Å². The first-order valence-electron chi connectivity index (χ1n) is 4.03.